The second-order valence-corrected chi connectivity index (χ2v) is 4.08. The highest BCUT2D eigenvalue weighted by molar-refractivity contribution is 7.82. The molecule has 1 saturated heterocycles. The molecule has 0 aromatic rings. The minimum atomic E-state index is -2.24. The predicted molar refractivity (Wildman–Crippen MR) is 59.3 cm³/mol. The third-order valence-corrected chi connectivity index (χ3v) is 2.41. The minimum absolute atomic E-state index is 0.154. The van der Waals surface area contributed by atoms with Crippen molar-refractivity contribution in [1.82, 2.24) is 0 Å². The van der Waals surface area contributed by atoms with Gasteiger partial charge in [0.2, 0.25) is 0 Å². The molecule has 0 aromatic heterocycles. The van der Waals surface area contributed by atoms with Gasteiger partial charge in [-0.3, -0.25) is 0 Å². The van der Waals surface area contributed by atoms with E-state index in [1.807, 2.05) is 0 Å². The van der Waals surface area contributed by atoms with Gasteiger partial charge in [0, 0.05) is 20.4 Å². The molecule has 1 aliphatic rings. The molecule has 4 nitrogen and oxygen atoms in total. The lowest BCUT2D eigenvalue weighted by atomic mass is 9.96. The molecule has 0 aliphatic carbocycles. The Hall–Kier alpha value is 0.240. The first kappa shape index (κ1) is 12.3. The maximum atomic E-state index is 11.6. The number of methoxy groups -OCH3 is 1. The third kappa shape index (κ3) is 3.77. The van der Waals surface area contributed by atoms with Crippen molar-refractivity contribution in [3.05, 3.63) is 0 Å². The number of hydrogen-bond acceptors (Lipinski definition) is 4. The lowest BCUT2D eigenvalue weighted by Crippen LogP contribution is -2.28. The van der Waals surface area contributed by atoms with Crippen molar-refractivity contribution >= 4 is 22.7 Å². The monoisotopic (exact) mass is 217 g/mol. The smallest absolute Gasteiger partial charge is 0.109 e. The largest absolute Gasteiger partial charge is 0.382 e. The molecule has 1 heterocycles. The normalized spacial score (nSPS) is 36.9. The Labute approximate surface area is 86.9 Å². The van der Waals surface area contributed by atoms with Crippen LogP contribution in [-0.4, -0.2) is 54.0 Å². The number of rotatable bonds is 4. The SMILES string of the molecule is [B][C@H]1C[C@@H](OP([BH3-])(C)=O)[C@@H](COC)O1. The van der Waals surface area contributed by atoms with Crippen LogP contribution in [0.15, 0.2) is 0 Å². The molecular formula is C7H16B2O4P-. The van der Waals surface area contributed by atoms with Gasteiger partial charge in [-0.1, -0.05) is 0 Å². The summed E-state index contributed by atoms with van der Waals surface area (Å²) in [7, 11) is 4.71. The maximum absolute atomic E-state index is 11.6. The van der Waals surface area contributed by atoms with Crippen LogP contribution in [0.3, 0.4) is 0 Å². The van der Waals surface area contributed by atoms with Crippen molar-refractivity contribution in [3.8, 4) is 0 Å². The molecule has 0 bridgehead atoms. The molecule has 1 unspecified atom stereocenters. The van der Waals surface area contributed by atoms with Crippen LogP contribution in [0.5, 0.6) is 0 Å². The minimum Gasteiger partial charge on any atom is -0.382 e. The van der Waals surface area contributed by atoms with Crippen molar-refractivity contribution < 1.29 is 18.6 Å². The van der Waals surface area contributed by atoms with Crippen LogP contribution < -0.4 is 0 Å². The van der Waals surface area contributed by atoms with Crippen LogP contribution >= 0.6 is 7.25 Å². The average molecular weight is 217 g/mol. The zero-order chi connectivity index (χ0) is 10.8. The Morgan fingerprint density at radius 2 is 2.36 bits per heavy atom. The molecule has 1 rings (SSSR count). The summed E-state index contributed by atoms with van der Waals surface area (Å²) in [6.45, 7) is 2.14. The summed E-state index contributed by atoms with van der Waals surface area (Å²) in [6, 6.07) is -0.313. The lowest BCUT2D eigenvalue weighted by Gasteiger charge is -2.23. The molecular weight excluding hydrogens is 201 g/mol. The van der Waals surface area contributed by atoms with E-state index in [1.165, 1.54) is 0 Å². The van der Waals surface area contributed by atoms with Gasteiger partial charge in [-0.05, 0) is 13.1 Å². The van der Waals surface area contributed by atoms with Crippen LogP contribution in [0.2, 0.25) is 0 Å². The first-order valence-corrected chi connectivity index (χ1v) is 5.73. The van der Waals surface area contributed by atoms with Crippen molar-refractivity contribution in [2.24, 2.45) is 0 Å². The summed E-state index contributed by atoms with van der Waals surface area (Å²) in [5.41, 5.74) is 0. The molecule has 0 spiro atoms. The Morgan fingerprint density at radius 3 is 2.86 bits per heavy atom. The molecule has 14 heavy (non-hydrogen) atoms. The van der Waals surface area contributed by atoms with Gasteiger partial charge in [0.05, 0.1) is 20.3 Å². The van der Waals surface area contributed by atoms with Gasteiger partial charge < -0.3 is 18.6 Å². The Bertz CT molecular complexity index is 232. The van der Waals surface area contributed by atoms with Gasteiger partial charge in [0.15, 0.2) is 0 Å². The fourth-order valence-corrected chi connectivity index (χ4v) is 1.96. The fraction of sp³-hybridized carbons (Fsp3) is 1.00. The zero-order valence-corrected chi connectivity index (χ0v) is 8.70. The Kier molecular flexibility index (Phi) is 4.26. The van der Waals surface area contributed by atoms with E-state index < -0.39 is 7.25 Å². The maximum Gasteiger partial charge on any atom is 0.109 e. The summed E-state index contributed by atoms with van der Waals surface area (Å²) in [5.74, 6) is 0. The lowest BCUT2D eigenvalue weighted by molar-refractivity contribution is -0.00895. The first-order valence-electron chi connectivity index (χ1n) is 4.11. The van der Waals surface area contributed by atoms with Crippen LogP contribution in [0.4, 0.5) is 0 Å². The summed E-state index contributed by atoms with van der Waals surface area (Å²) in [4.78, 5) is 0. The summed E-state index contributed by atoms with van der Waals surface area (Å²) >= 11 is 0. The molecule has 1 fully saturated rings. The van der Waals surface area contributed by atoms with Crippen molar-refractivity contribution in [2.75, 3.05) is 20.4 Å². The van der Waals surface area contributed by atoms with E-state index in [0.29, 0.717) is 13.0 Å². The molecule has 0 aromatic carbocycles. The van der Waals surface area contributed by atoms with Crippen LogP contribution in [-0.2, 0) is 18.6 Å². The summed E-state index contributed by atoms with van der Waals surface area (Å²) in [6.07, 6.45) is 0.289. The van der Waals surface area contributed by atoms with E-state index in [0.717, 1.165) is 0 Å². The third-order valence-electron chi connectivity index (χ3n) is 1.84. The second-order valence-electron chi connectivity index (χ2n) is 2.99. The van der Waals surface area contributed by atoms with E-state index in [9.17, 15) is 4.57 Å². The van der Waals surface area contributed by atoms with E-state index in [-0.39, 0.29) is 25.8 Å². The van der Waals surface area contributed by atoms with E-state index >= 15 is 0 Å². The zero-order valence-electron chi connectivity index (χ0n) is 7.80. The second kappa shape index (κ2) is 4.84. The average Bonchev–Trinajstić information content (AvgIpc) is 2.28. The van der Waals surface area contributed by atoms with Crippen LogP contribution in [0.1, 0.15) is 6.42 Å². The van der Waals surface area contributed by atoms with Gasteiger partial charge in [-0.25, -0.2) is 0 Å². The van der Waals surface area contributed by atoms with Crippen LogP contribution in [0.25, 0.3) is 0 Å². The summed E-state index contributed by atoms with van der Waals surface area (Å²) < 4.78 is 27.5. The van der Waals surface area contributed by atoms with Gasteiger partial charge in [-0.15, -0.1) is 0 Å². The Balaban J connectivity index is 2.53. The standard InChI is InChI=1S/C7H16B2O4P/c1-11-4-6-5(3-7(8)12-6)13-14(2,9)10/h5-7H,3-4H2,1-2,9H3/q-1/t5-,6-,7-,14?/m1/s1. The molecule has 0 amide bonds. The predicted octanol–water partition coefficient (Wildman–Crippen LogP) is -0.510. The number of ether oxygens (including phenoxy) is 2. The van der Waals surface area contributed by atoms with Gasteiger partial charge in [0.1, 0.15) is 14.0 Å². The molecule has 1 aliphatic heterocycles. The molecule has 80 valence electrons. The highest BCUT2D eigenvalue weighted by Crippen LogP contribution is 2.41. The quantitative estimate of drug-likeness (QED) is 0.469. The van der Waals surface area contributed by atoms with Gasteiger partial charge in [0.25, 0.3) is 0 Å². The molecule has 2 radical (unpaired) electrons. The molecule has 0 saturated carbocycles. The van der Waals surface area contributed by atoms with E-state index in [4.69, 9.17) is 21.8 Å². The first-order chi connectivity index (χ1) is 6.42. The van der Waals surface area contributed by atoms with Crippen molar-refractivity contribution in [2.45, 2.75) is 24.6 Å². The van der Waals surface area contributed by atoms with Gasteiger partial charge >= 0.3 is 0 Å². The highest BCUT2D eigenvalue weighted by Gasteiger charge is 2.34. The Morgan fingerprint density at radius 1 is 1.71 bits per heavy atom. The van der Waals surface area contributed by atoms with Crippen LogP contribution in [0, 0.1) is 0 Å². The van der Waals surface area contributed by atoms with E-state index in [1.54, 1.807) is 13.8 Å². The topological polar surface area (TPSA) is 44.8 Å². The fourth-order valence-electron chi connectivity index (χ4n) is 1.36. The molecule has 0 N–H and O–H groups in total. The number of hydrogen-bond donors (Lipinski definition) is 0. The van der Waals surface area contributed by atoms with Gasteiger partial charge in [-0.2, -0.15) is 0 Å². The molecule has 4 atom stereocenters. The molecule has 7 heteroatoms. The summed E-state index contributed by atoms with van der Waals surface area (Å²) in [5, 5.41) is 0. The van der Waals surface area contributed by atoms with Crippen molar-refractivity contribution in [3.63, 3.8) is 0 Å². The highest BCUT2D eigenvalue weighted by atomic mass is 31.2. The van der Waals surface area contributed by atoms with E-state index in [2.05, 4.69) is 0 Å². The van der Waals surface area contributed by atoms with Crippen molar-refractivity contribution in [1.29, 1.82) is 0 Å².